The molecule has 10 heteroatoms. The van der Waals surface area contributed by atoms with E-state index in [2.05, 4.69) is 17.0 Å². The van der Waals surface area contributed by atoms with Crippen molar-refractivity contribution in [3.05, 3.63) is 34.9 Å². The normalized spacial score (nSPS) is 27.1. The van der Waals surface area contributed by atoms with Crippen LogP contribution in [0.4, 0.5) is 0 Å². The van der Waals surface area contributed by atoms with E-state index in [-0.39, 0.29) is 43.0 Å². The summed E-state index contributed by atoms with van der Waals surface area (Å²) < 4.78 is 0. The van der Waals surface area contributed by atoms with Crippen molar-refractivity contribution in [2.45, 2.75) is 56.3 Å². The van der Waals surface area contributed by atoms with Gasteiger partial charge in [-0.2, -0.15) is 0 Å². The van der Waals surface area contributed by atoms with Crippen LogP contribution in [0.15, 0.2) is 24.3 Å². The lowest BCUT2D eigenvalue weighted by atomic mass is 9.66. The molecule has 1 aliphatic carbocycles. The Morgan fingerprint density at radius 1 is 1.13 bits per heavy atom. The molecule has 0 bridgehead atoms. The highest BCUT2D eigenvalue weighted by atomic mass is 35.5. The zero-order chi connectivity index (χ0) is 21.0. The zero-order valence-corrected chi connectivity index (χ0v) is 20.0. The van der Waals surface area contributed by atoms with Crippen LogP contribution in [-0.4, -0.2) is 58.3 Å². The van der Waals surface area contributed by atoms with Gasteiger partial charge in [-0.05, 0) is 81.0 Å². The highest BCUT2D eigenvalue weighted by Crippen LogP contribution is 2.39. The van der Waals surface area contributed by atoms with Gasteiger partial charge in [-0.25, -0.2) is 0 Å². The first-order valence-electron chi connectivity index (χ1n) is 10.6. The summed E-state index contributed by atoms with van der Waals surface area (Å²) >= 11 is 5.99. The van der Waals surface area contributed by atoms with E-state index < -0.39 is 18.6 Å². The number of nitrogens with two attached hydrogens (primary N) is 1. The second-order valence-corrected chi connectivity index (χ2v) is 9.31. The summed E-state index contributed by atoms with van der Waals surface area (Å²) in [5, 5.41) is 28.8. The Morgan fingerprint density at radius 2 is 1.74 bits per heavy atom. The van der Waals surface area contributed by atoms with Crippen molar-refractivity contribution in [2.24, 2.45) is 17.6 Å². The molecule has 0 amide bonds. The van der Waals surface area contributed by atoms with Gasteiger partial charge in [0.25, 0.3) is 0 Å². The lowest BCUT2D eigenvalue weighted by Gasteiger charge is -2.44. The SMILES string of the molecule is Cl.Cl.N[C@]1(C(=O)O)C[C@H](CCB(O)O)CC[C@H]1CN1CCC(c2ccc(Cl)cc2)CC1. The van der Waals surface area contributed by atoms with Gasteiger partial charge in [0, 0.05) is 17.5 Å². The summed E-state index contributed by atoms with van der Waals surface area (Å²) in [6.07, 6.45) is 5.04. The van der Waals surface area contributed by atoms with Crippen LogP contribution < -0.4 is 5.73 Å². The van der Waals surface area contributed by atoms with Gasteiger partial charge in [-0.3, -0.25) is 4.79 Å². The highest BCUT2D eigenvalue weighted by molar-refractivity contribution is 6.40. The summed E-state index contributed by atoms with van der Waals surface area (Å²) in [6, 6.07) is 8.07. The molecule has 3 rings (SSSR count). The number of aliphatic carboxylic acids is 1. The summed E-state index contributed by atoms with van der Waals surface area (Å²) in [4.78, 5) is 14.4. The van der Waals surface area contributed by atoms with Crippen LogP contribution in [0, 0.1) is 11.8 Å². The quantitative estimate of drug-likeness (QED) is 0.432. The van der Waals surface area contributed by atoms with E-state index in [1.165, 1.54) is 5.56 Å². The first-order chi connectivity index (χ1) is 13.8. The molecule has 3 atom stereocenters. The maximum atomic E-state index is 12.0. The average Bonchev–Trinajstić information content (AvgIpc) is 2.69. The molecule has 1 aliphatic heterocycles. The summed E-state index contributed by atoms with van der Waals surface area (Å²) in [5.74, 6) is -0.369. The Morgan fingerprint density at radius 3 is 2.29 bits per heavy atom. The second kappa shape index (κ2) is 12.6. The highest BCUT2D eigenvalue weighted by Gasteiger charge is 2.47. The lowest BCUT2D eigenvalue weighted by molar-refractivity contribution is -0.148. The van der Waals surface area contributed by atoms with E-state index >= 15 is 0 Å². The van der Waals surface area contributed by atoms with Crippen LogP contribution >= 0.6 is 36.4 Å². The first kappa shape index (κ1) is 28.5. The summed E-state index contributed by atoms with van der Waals surface area (Å²) in [7, 11) is -1.34. The van der Waals surface area contributed by atoms with Crippen molar-refractivity contribution in [1.29, 1.82) is 0 Å². The van der Waals surface area contributed by atoms with E-state index in [1.54, 1.807) is 0 Å². The predicted octanol–water partition coefficient (Wildman–Crippen LogP) is 3.42. The van der Waals surface area contributed by atoms with E-state index in [4.69, 9.17) is 27.4 Å². The van der Waals surface area contributed by atoms with Crippen LogP contribution in [-0.2, 0) is 4.79 Å². The number of carboxylic acid groups (broad SMARTS) is 1. The molecule has 176 valence electrons. The smallest absolute Gasteiger partial charge is 0.451 e. The number of halogens is 3. The van der Waals surface area contributed by atoms with Gasteiger partial charge in [-0.15, -0.1) is 24.8 Å². The maximum absolute atomic E-state index is 12.0. The fourth-order valence-electron chi connectivity index (χ4n) is 5.08. The molecule has 5 N–H and O–H groups in total. The van der Waals surface area contributed by atoms with Crippen molar-refractivity contribution in [1.82, 2.24) is 4.90 Å². The Hall–Kier alpha value is -0.535. The average molecular weight is 496 g/mol. The molecule has 0 aromatic heterocycles. The minimum atomic E-state index is -1.34. The van der Waals surface area contributed by atoms with E-state index in [0.29, 0.717) is 25.3 Å². The number of likely N-dealkylation sites (tertiary alicyclic amines) is 1. The predicted molar refractivity (Wildman–Crippen MR) is 129 cm³/mol. The van der Waals surface area contributed by atoms with Crippen LogP contribution in [0.2, 0.25) is 11.3 Å². The Kier molecular flexibility index (Phi) is 11.6. The third kappa shape index (κ3) is 7.49. The molecule has 2 aliphatic rings. The molecule has 0 spiro atoms. The van der Waals surface area contributed by atoms with Gasteiger partial charge in [0.1, 0.15) is 5.54 Å². The topological polar surface area (TPSA) is 107 Å². The molecule has 31 heavy (non-hydrogen) atoms. The third-order valence-corrected chi connectivity index (χ3v) is 7.17. The van der Waals surface area contributed by atoms with Crippen molar-refractivity contribution >= 4 is 49.5 Å². The van der Waals surface area contributed by atoms with Crippen LogP contribution in [0.3, 0.4) is 0 Å². The van der Waals surface area contributed by atoms with E-state index in [9.17, 15) is 9.90 Å². The number of benzene rings is 1. The van der Waals surface area contributed by atoms with Crippen LogP contribution in [0.5, 0.6) is 0 Å². The van der Waals surface area contributed by atoms with Crippen molar-refractivity contribution < 1.29 is 19.9 Å². The number of carbonyl (C=O) groups is 1. The van der Waals surface area contributed by atoms with Gasteiger partial charge in [0.05, 0.1) is 0 Å². The van der Waals surface area contributed by atoms with Gasteiger partial charge < -0.3 is 25.8 Å². The molecule has 1 aromatic rings. The van der Waals surface area contributed by atoms with Crippen molar-refractivity contribution in [3.63, 3.8) is 0 Å². The number of carboxylic acids is 1. The van der Waals surface area contributed by atoms with Crippen molar-refractivity contribution in [2.75, 3.05) is 19.6 Å². The molecule has 0 radical (unpaired) electrons. The minimum Gasteiger partial charge on any atom is -0.480 e. The maximum Gasteiger partial charge on any atom is 0.451 e. The molecular weight excluding hydrogens is 461 g/mol. The van der Waals surface area contributed by atoms with Crippen LogP contribution in [0.25, 0.3) is 0 Å². The number of hydrogen-bond donors (Lipinski definition) is 4. The number of rotatable bonds is 7. The van der Waals surface area contributed by atoms with Gasteiger partial charge in [0.2, 0.25) is 0 Å². The lowest BCUT2D eigenvalue weighted by Crippen LogP contribution is -2.60. The molecule has 2 fully saturated rings. The second-order valence-electron chi connectivity index (χ2n) is 8.87. The zero-order valence-electron chi connectivity index (χ0n) is 17.7. The Balaban J connectivity index is 0.00000240. The minimum absolute atomic E-state index is 0. The summed E-state index contributed by atoms with van der Waals surface area (Å²) in [6.45, 7) is 2.60. The van der Waals surface area contributed by atoms with E-state index in [0.717, 1.165) is 43.8 Å². The standard InChI is InChI=1S/C21H32BClN2O4.2ClH/c23-19-5-2-16(3-6-19)17-8-11-25(12-9-17)14-18-4-1-15(7-10-22(28)29)13-21(18,24)20(26)27;;/h2-3,5-6,15,17-18,28-29H,1,4,7-14,24H2,(H,26,27);2*1H/t15-,18-,21+;;/m0../s1. The monoisotopic (exact) mass is 494 g/mol. The van der Waals surface area contributed by atoms with Gasteiger partial charge >= 0.3 is 13.1 Å². The molecule has 1 saturated heterocycles. The van der Waals surface area contributed by atoms with Crippen molar-refractivity contribution in [3.8, 4) is 0 Å². The van der Waals surface area contributed by atoms with E-state index in [1.807, 2.05) is 12.1 Å². The fraction of sp³-hybridized carbons (Fsp3) is 0.667. The van der Waals surface area contributed by atoms with Gasteiger partial charge in [-0.1, -0.05) is 30.2 Å². The summed E-state index contributed by atoms with van der Waals surface area (Å²) in [5.41, 5.74) is 6.51. The number of piperidine rings is 1. The molecule has 1 saturated carbocycles. The van der Waals surface area contributed by atoms with Crippen LogP contribution in [0.1, 0.15) is 50.0 Å². The number of hydrogen-bond acceptors (Lipinski definition) is 5. The molecule has 0 unspecified atom stereocenters. The molecule has 1 aromatic carbocycles. The van der Waals surface area contributed by atoms with Gasteiger partial charge in [0.15, 0.2) is 0 Å². The Bertz CT molecular complexity index is 690. The molecule has 1 heterocycles. The first-order valence-corrected chi connectivity index (χ1v) is 11.0. The molecule has 6 nitrogen and oxygen atoms in total. The largest absolute Gasteiger partial charge is 0.480 e. The number of nitrogens with zero attached hydrogens (tertiary/aromatic N) is 1. The Labute approximate surface area is 202 Å². The molecular formula is C21H34BCl3N2O4. The fourth-order valence-corrected chi connectivity index (χ4v) is 5.21. The third-order valence-electron chi connectivity index (χ3n) is 6.92.